The van der Waals surface area contributed by atoms with Gasteiger partial charge in [0.1, 0.15) is 0 Å². The largest absolute Gasteiger partial charge is 0.452 e. The minimum atomic E-state index is -4.58. The lowest BCUT2D eigenvalue weighted by Crippen LogP contribution is -2.20. The Hall–Kier alpha value is -0.940. The lowest BCUT2D eigenvalue weighted by Gasteiger charge is -2.09. The Balaban J connectivity index is 2.81. The van der Waals surface area contributed by atoms with Crippen LogP contribution in [0.2, 0.25) is 10.0 Å². The highest BCUT2D eigenvalue weighted by atomic mass is 35.5. The molecule has 1 aromatic rings. The summed E-state index contributed by atoms with van der Waals surface area (Å²) in [7, 11) is 0. The van der Waals surface area contributed by atoms with Gasteiger partial charge in [-0.05, 0) is 12.1 Å². The molecular formula is C9H5Cl2F3O2. The van der Waals surface area contributed by atoms with Crippen LogP contribution in [0.15, 0.2) is 18.2 Å². The summed E-state index contributed by atoms with van der Waals surface area (Å²) < 4.78 is 39.4. The number of ether oxygens (including phenoxy) is 1. The first-order valence-corrected chi connectivity index (χ1v) is 4.75. The third-order valence-corrected chi connectivity index (χ3v) is 2.16. The van der Waals surface area contributed by atoms with Gasteiger partial charge in [0.05, 0.1) is 15.6 Å². The normalized spacial score (nSPS) is 11.3. The Labute approximate surface area is 98.9 Å². The van der Waals surface area contributed by atoms with Gasteiger partial charge in [0.25, 0.3) is 0 Å². The average Bonchev–Trinajstić information content (AvgIpc) is 2.13. The molecule has 0 N–H and O–H groups in total. The predicted molar refractivity (Wildman–Crippen MR) is 52.8 cm³/mol. The molecule has 0 bridgehead atoms. The lowest BCUT2D eigenvalue weighted by molar-refractivity contribution is -0.161. The highest BCUT2D eigenvalue weighted by Gasteiger charge is 2.30. The van der Waals surface area contributed by atoms with Crippen molar-refractivity contribution >= 4 is 29.2 Å². The summed E-state index contributed by atoms with van der Waals surface area (Å²) in [5, 5.41) is -0.112. The molecule has 0 saturated heterocycles. The monoisotopic (exact) mass is 272 g/mol. The van der Waals surface area contributed by atoms with E-state index < -0.39 is 18.8 Å². The fraction of sp³-hybridized carbons (Fsp3) is 0.222. The zero-order chi connectivity index (χ0) is 12.3. The van der Waals surface area contributed by atoms with Crippen LogP contribution in [0.1, 0.15) is 10.4 Å². The van der Waals surface area contributed by atoms with E-state index in [4.69, 9.17) is 23.2 Å². The molecule has 0 heterocycles. The molecule has 16 heavy (non-hydrogen) atoms. The van der Waals surface area contributed by atoms with Gasteiger partial charge >= 0.3 is 12.1 Å². The summed E-state index contributed by atoms with van der Waals surface area (Å²) in [4.78, 5) is 11.2. The van der Waals surface area contributed by atoms with E-state index in [0.717, 1.165) is 0 Å². The highest BCUT2D eigenvalue weighted by molar-refractivity contribution is 6.39. The number of hydrogen-bond acceptors (Lipinski definition) is 2. The fourth-order valence-corrected chi connectivity index (χ4v) is 1.46. The third kappa shape index (κ3) is 3.57. The van der Waals surface area contributed by atoms with Crippen LogP contribution in [0.3, 0.4) is 0 Å². The van der Waals surface area contributed by atoms with Crippen LogP contribution in [-0.4, -0.2) is 18.8 Å². The van der Waals surface area contributed by atoms with E-state index >= 15 is 0 Å². The number of carbonyl (C=O) groups is 1. The van der Waals surface area contributed by atoms with Gasteiger partial charge in [-0.2, -0.15) is 13.2 Å². The maximum atomic E-state index is 11.8. The number of esters is 1. The zero-order valence-corrected chi connectivity index (χ0v) is 9.16. The molecule has 0 spiro atoms. The van der Waals surface area contributed by atoms with Gasteiger partial charge in [-0.1, -0.05) is 29.3 Å². The molecule has 0 unspecified atom stereocenters. The van der Waals surface area contributed by atoms with Crippen LogP contribution in [0.25, 0.3) is 0 Å². The van der Waals surface area contributed by atoms with Crippen LogP contribution in [0.4, 0.5) is 13.2 Å². The smallest absolute Gasteiger partial charge is 0.422 e. The molecule has 0 radical (unpaired) electrons. The zero-order valence-electron chi connectivity index (χ0n) is 7.65. The number of carbonyl (C=O) groups excluding carboxylic acids is 1. The molecule has 0 aliphatic heterocycles. The predicted octanol–water partition coefficient (Wildman–Crippen LogP) is 3.71. The van der Waals surface area contributed by atoms with Crippen molar-refractivity contribution in [2.24, 2.45) is 0 Å². The summed E-state index contributed by atoms with van der Waals surface area (Å²) in [5.41, 5.74) is -0.268. The van der Waals surface area contributed by atoms with Crippen molar-refractivity contribution in [2.75, 3.05) is 6.61 Å². The molecule has 1 rings (SSSR count). The average molecular weight is 273 g/mol. The van der Waals surface area contributed by atoms with Crippen LogP contribution in [-0.2, 0) is 4.74 Å². The third-order valence-electron chi connectivity index (χ3n) is 1.53. The van der Waals surface area contributed by atoms with Crippen molar-refractivity contribution in [3.8, 4) is 0 Å². The summed E-state index contributed by atoms with van der Waals surface area (Å²) >= 11 is 11.2. The van der Waals surface area contributed by atoms with Crippen LogP contribution < -0.4 is 0 Å². The van der Waals surface area contributed by atoms with Gasteiger partial charge in [-0.15, -0.1) is 0 Å². The van der Waals surface area contributed by atoms with Gasteiger partial charge in [0.2, 0.25) is 0 Å². The molecule has 0 atom stereocenters. The van der Waals surface area contributed by atoms with E-state index in [-0.39, 0.29) is 15.6 Å². The van der Waals surface area contributed by atoms with E-state index in [1.165, 1.54) is 18.2 Å². The van der Waals surface area contributed by atoms with E-state index in [1.807, 2.05) is 0 Å². The Morgan fingerprint density at radius 3 is 2.19 bits per heavy atom. The summed E-state index contributed by atoms with van der Waals surface area (Å²) in [6.45, 7) is -1.67. The van der Waals surface area contributed by atoms with E-state index in [1.54, 1.807) is 0 Å². The SMILES string of the molecule is O=C(OCC(F)(F)F)c1c(Cl)cccc1Cl. The molecule has 2 nitrogen and oxygen atoms in total. The van der Waals surface area contributed by atoms with Crippen LogP contribution >= 0.6 is 23.2 Å². The number of alkyl halides is 3. The molecule has 0 fully saturated rings. The topological polar surface area (TPSA) is 26.3 Å². The second-order valence-corrected chi connectivity index (χ2v) is 3.60. The van der Waals surface area contributed by atoms with Gasteiger partial charge in [0.15, 0.2) is 6.61 Å². The first kappa shape index (κ1) is 13.1. The second-order valence-electron chi connectivity index (χ2n) is 2.79. The number of halogens is 5. The highest BCUT2D eigenvalue weighted by Crippen LogP contribution is 2.25. The van der Waals surface area contributed by atoms with Gasteiger partial charge < -0.3 is 4.74 Å². The Bertz CT molecular complexity index is 384. The molecule has 0 aliphatic carbocycles. The van der Waals surface area contributed by atoms with Crippen LogP contribution in [0, 0.1) is 0 Å². The number of rotatable bonds is 2. The molecule has 7 heteroatoms. The quantitative estimate of drug-likeness (QED) is 0.768. The van der Waals surface area contributed by atoms with Crippen molar-refractivity contribution in [1.29, 1.82) is 0 Å². The van der Waals surface area contributed by atoms with E-state index in [0.29, 0.717) is 0 Å². The van der Waals surface area contributed by atoms with Crippen molar-refractivity contribution in [2.45, 2.75) is 6.18 Å². The minimum Gasteiger partial charge on any atom is -0.452 e. The number of hydrogen-bond donors (Lipinski definition) is 0. The fourth-order valence-electron chi connectivity index (χ4n) is 0.912. The first-order chi connectivity index (χ1) is 7.31. The second kappa shape index (κ2) is 4.93. The van der Waals surface area contributed by atoms with Gasteiger partial charge in [-0.3, -0.25) is 0 Å². The first-order valence-electron chi connectivity index (χ1n) is 3.99. The maximum absolute atomic E-state index is 11.8. The molecule has 0 amide bonds. The Morgan fingerprint density at radius 1 is 1.25 bits per heavy atom. The summed E-state index contributed by atoms with van der Waals surface area (Å²) in [6.07, 6.45) is -4.58. The molecule has 0 aromatic heterocycles. The summed E-state index contributed by atoms with van der Waals surface area (Å²) in [6, 6.07) is 4.13. The number of benzene rings is 1. The molecular weight excluding hydrogens is 268 g/mol. The molecule has 0 saturated carbocycles. The van der Waals surface area contributed by atoms with Gasteiger partial charge in [0, 0.05) is 0 Å². The van der Waals surface area contributed by atoms with E-state index in [9.17, 15) is 18.0 Å². The molecule has 88 valence electrons. The van der Waals surface area contributed by atoms with Crippen molar-refractivity contribution in [3.05, 3.63) is 33.8 Å². The van der Waals surface area contributed by atoms with Crippen molar-refractivity contribution in [3.63, 3.8) is 0 Å². The van der Waals surface area contributed by atoms with Crippen LogP contribution in [0.5, 0.6) is 0 Å². The molecule has 1 aromatic carbocycles. The Morgan fingerprint density at radius 2 is 1.75 bits per heavy atom. The minimum absolute atomic E-state index is 0.0559. The van der Waals surface area contributed by atoms with Crippen molar-refractivity contribution in [1.82, 2.24) is 0 Å². The standard InChI is InChI=1S/C9H5Cl2F3O2/c10-5-2-1-3-6(11)7(5)8(15)16-4-9(12,13)14/h1-3H,4H2. The van der Waals surface area contributed by atoms with Gasteiger partial charge in [-0.25, -0.2) is 4.79 Å². The molecule has 0 aliphatic rings. The van der Waals surface area contributed by atoms with Crippen molar-refractivity contribution < 1.29 is 22.7 Å². The van der Waals surface area contributed by atoms with E-state index in [2.05, 4.69) is 4.74 Å². The summed E-state index contributed by atoms with van der Waals surface area (Å²) in [5.74, 6) is -1.20. The maximum Gasteiger partial charge on any atom is 0.422 e. The Kier molecular flexibility index (Phi) is 4.04. The lowest BCUT2D eigenvalue weighted by atomic mass is 10.2.